The van der Waals surface area contributed by atoms with Crippen molar-refractivity contribution in [1.82, 2.24) is 14.5 Å². The molecule has 152 valence electrons. The lowest BCUT2D eigenvalue weighted by atomic mass is 9.98. The van der Waals surface area contributed by atoms with Crippen LogP contribution in [0.4, 0.5) is 0 Å². The van der Waals surface area contributed by atoms with Gasteiger partial charge in [-0.1, -0.05) is 55.8 Å². The minimum atomic E-state index is -0.328. The third-order valence-corrected chi connectivity index (χ3v) is 5.21. The first-order chi connectivity index (χ1) is 14.7. The predicted octanol–water partition coefficient (Wildman–Crippen LogP) is 5.23. The van der Waals surface area contributed by atoms with Gasteiger partial charge >= 0.3 is 5.97 Å². The summed E-state index contributed by atoms with van der Waals surface area (Å²) in [7, 11) is 1.40. The highest BCUT2D eigenvalue weighted by Gasteiger charge is 2.15. The number of unbranched alkanes of at least 4 members (excludes halogenated alkanes) is 1. The van der Waals surface area contributed by atoms with Gasteiger partial charge in [0.1, 0.15) is 11.5 Å². The van der Waals surface area contributed by atoms with E-state index in [0.29, 0.717) is 12.1 Å². The number of rotatable bonds is 7. The van der Waals surface area contributed by atoms with Gasteiger partial charge in [0, 0.05) is 19.2 Å². The molecule has 0 fully saturated rings. The van der Waals surface area contributed by atoms with Gasteiger partial charge in [0.05, 0.1) is 12.7 Å². The number of aryl methyl sites for hydroxylation is 1. The van der Waals surface area contributed by atoms with Crippen molar-refractivity contribution >= 4 is 5.97 Å². The van der Waals surface area contributed by atoms with Crippen LogP contribution in [0, 0.1) is 0 Å². The van der Waals surface area contributed by atoms with E-state index in [0.717, 1.165) is 53.3 Å². The highest BCUT2D eigenvalue weighted by Crippen LogP contribution is 2.26. The average Bonchev–Trinajstić information content (AvgIpc) is 3.22. The number of imidazole rings is 1. The molecule has 0 bridgehead atoms. The second kappa shape index (κ2) is 8.91. The Labute approximate surface area is 176 Å². The minimum Gasteiger partial charge on any atom is -0.465 e. The first kappa shape index (κ1) is 19.8. The Morgan fingerprint density at radius 1 is 1.00 bits per heavy atom. The standard InChI is InChI=1S/C25H25N3O2/c1-3-4-11-23-26-22-10-7-16-28(24(22)27-23)17-18-12-14-19(15-13-18)20-8-5-6-9-21(20)25(29)30-2/h5-10,12-16H,3-4,11,17H2,1-2H3. The monoisotopic (exact) mass is 399 g/mol. The summed E-state index contributed by atoms with van der Waals surface area (Å²) >= 11 is 0. The van der Waals surface area contributed by atoms with E-state index in [1.807, 2.05) is 48.7 Å². The molecule has 0 atom stereocenters. The molecular weight excluding hydrogens is 374 g/mol. The Balaban J connectivity index is 1.58. The van der Waals surface area contributed by atoms with Crippen LogP contribution in [0.3, 0.4) is 0 Å². The number of fused-ring (bicyclic) bond motifs is 1. The number of ether oxygens (including phenoxy) is 1. The van der Waals surface area contributed by atoms with Crippen molar-refractivity contribution in [2.45, 2.75) is 32.7 Å². The summed E-state index contributed by atoms with van der Waals surface area (Å²) in [4.78, 5) is 21.5. The van der Waals surface area contributed by atoms with E-state index in [2.05, 4.69) is 28.6 Å². The molecule has 2 aliphatic heterocycles. The quantitative estimate of drug-likeness (QED) is 0.400. The third-order valence-electron chi connectivity index (χ3n) is 5.21. The van der Waals surface area contributed by atoms with Crippen LogP contribution in [0.5, 0.6) is 0 Å². The summed E-state index contributed by atoms with van der Waals surface area (Å²) < 4.78 is 7.05. The molecule has 0 radical (unpaired) electrons. The minimum absolute atomic E-state index is 0.328. The predicted molar refractivity (Wildman–Crippen MR) is 118 cm³/mol. The van der Waals surface area contributed by atoms with Gasteiger partial charge in [-0.2, -0.15) is 0 Å². The van der Waals surface area contributed by atoms with Gasteiger partial charge in [-0.05, 0) is 41.3 Å². The molecule has 0 saturated carbocycles. The van der Waals surface area contributed by atoms with Gasteiger partial charge in [-0.15, -0.1) is 0 Å². The zero-order chi connectivity index (χ0) is 20.9. The SMILES string of the molecule is CCCCc1nc2cccn(Cc3ccc(-c4ccccc4C(=O)OC)cc3)c-2n1. The molecule has 0 aromatic heterocycles. The molecule has 5 nitrogen and oxygen atoms in total. The second-order valence-electron chi connectivity index (χ2n) is 7.32. The number of aromatic nitrogens is 3. The Morgan fingerprint density at radius 3 is 2.57 bits per heavy atom. The number of benzene rings is 2. The molecule has 0 unspecified atom stereocenters. The largest absolute Gasteiger partial charge is 0.465 e. The summed E-state index contributed by atoms with van der Waals surface area (Å²) in [5, 5.41) is 0. The van der Waals surface area contributed by atoms with Crippen molar-refractivity contribution in [2.24, 2.45) is 0 Å². The topological polar surface area (TPSA) is 57.0 Å². The van der Waals surface area contributed by atoms with Crippen molar-refractivity contribution < 1.29 is 9.53 Å². The third kappa shape index (κ3) is 4.10. The highest BCUT2D eigenvalue weighted by atomic mass is 16.5. The Bertz CT molecular complexity index is 1120. The number of esters is 1. The molecule has 30 heavy (non-hydrogen) atoms. The average molecular weight is 399 g/mol. The van der Waals surface area contributed by atoms with Crippen molar-refractivity contribution in [3.05, 3.63) is 83.8 Å². The maximum atomic E-state index is 12.1. The van der Waals surface area contributed by atoms with E-state index in [1.165, 1.54) is 7.11 Å². The first-order valence-corrected chi connectivity index (χ1v) is 10.3. The maximum Gasteiger partial charge on any atom is 0.338 e. The molecule has 0 N–H and O–H groups in total. The van der Waals surface area contributed by atoms with Crippen molar-refractivity contribution in [3.8, 4) is 22.6 Å². The first-order valence-electron chi connectivity index (χ1n) is 10.3. The van der Waals surface area contributed by atoms with Crippen LogP contribution in [0.1, 0.15) is 41.5 Å². The lowest BCUT2D eigenvalue weighted by molar-refractivity contribution is 0.0601. The number of carbonyl (C=O) groups is 1. The van der Waals surface area contributed by atoms with Crippen LogP contribution in [-0.2, 0) is 17.7 Å². The van der Waals surface area contributed by atoms with Crippen LogP contribution >= 0.6 is 0 Å². The van der Waals surface area contributed by atoms with Gasteiger partial charge in [0.25, 0.3) is 0 Å². The fourth-order valence-electron chi connectivity index (χ4n) is 3.61. The van der Waals surface area contributed by atoms with Crippen LogP contribution in [0.25, 0.3) is 22.6 Å². The molecule has 0 amide bonds. The van der Waals surface area contributed by atoms with Crippen LogP contribution < -0.4 is 0 Å². The van der Waals surface area contributed by atoms with Crippen molar-refractivity contribution in [2.75, 3.05) is 7.11 Å². The van der Waals surface area contributed by atoms with Crippen molar-refractivity contribution in [3.63, 3.8) is 0 Å². The zero-order valence-corrected chi connectivity index (χ0v) is 17.3. The lowest BCUT2D eigenvalue weighted by Gasteiger charge is -2.12. The van der Waals surface area contributed by atoms with Crippen LogP contribution in [0.2, 0.25) is 0 Å². The Hall–Kier alpha value is -3.47. The molecule has 2 heterocycles. The second-order valence-corrected chi connectivity index (χ2v) is 7.32. The zero-order valence-electron chi connectivity index (χ0n) is 17.3. The smallest absolute Gasteiger partial charge is 0.338 e. The molecule has 2 aliphatic rings. The number of nitrogens with zero attached hydrogens (tertiary/aromatic N) is 3. The van der Waals surface area contributed by atoms with E-state index >= 15 is 0 Å². The maximum absolute atomic E-state index is 12.1. The summed E-state index contributed by atoms with van der Waals surface area (Å²) in [6.07, 6.45) is 5.20. The summed E-state index contributed by atoms with van der Waals surface area (Å²) in [5.41, 5.74) is 4.52. The highest BCUT2D eigenvalue weighted by molar-refractivity contribution is 5.97. The van der Waals surface area contributed by atoms with Gasteiger partial charge < -0.3 is 9.30 Å². The molecule has 2 aromatic rings. The number of hydrogen-bond acceptors (Lipinski definition) is 4. The molecule has 0 saturated heterocycles. The van der Waals surface area contributed by atoms with Gasteiger partial charge in [-0.25, -0.2) is 14.8 Å². The molecule has 5 heteroatoms. The number of methoxy groups -OCH3 is 1. The van der Waals surface area contributed by atoms with Gasteiger partial charge in [0.2, 0.25) is 0 Å². The molecular formula is C25H25N3O2. The van der Waals surface area contributed by atoms with E-state index in [9.17, 15) is 4.79 Å². The summed E-state index contributed by atoms with van der Waals surface area (Å²) in [6, 6.07) is 19.8. The summed E-state index contributed by atoms with van der Waals surface area (Å²) in [6.45, 7) is 2.89. The number of carbonyl (C=O) groups excluding carboxylic acids is 1. The Morgan fingerprint density at radius 2 is 1.80 bits per heavy atom. The molecule has 2 aromatic carbocycles. The van der Waals surface area contributed by atoms with E-state index < -0.39 is 0 Å². The van der Waals surface area contributed by atoms with Gasteiger partial charge in [-0.3, -0.25) is 0 Å². The Kier molecular flexibility index (Phi) is 5.89. The normalized spacial score (nSPS) is 11.0. The lowest BCUT2D eigenvalue weighted by Crippen LogP contribution is -2.05. The van der Waals surface area contributed by atoms with Crippen molar-refractivity contribution in [1.29, 1.82) is 0 Å². The molecule has 0 aliphatic carbocycles. The number of hydrogen-bond donors (Lipinski definition) is 0. The molecule has 4 rings (SSSR count). The van der Waals surface area contributed by atoms with E-state index in [1.54, 1.807) is 6.07 Å². The number of pyridine rings is 1. The van der Waals surface area contributed by atoms with E-state index in [4.69, 9.17) is 9.72 Å². The van der Waals surface area contributed by atoms with Gasteiger partial charge in [0.15, 0.2) is 5.82 Å². The van der Waals surface area contributed by atoms with Crippen LogP contribution in [-0.4, -0.2) is 27.6 Å². The fourth-order valence-corrected chi connectivity index (χ4v) is 3.61. The van der Waals surface area contributed by atoms with E-state index in [-0.39, 0.29) is 5.97 Å². The summed E-state index contributed by atoms with van der Waals surface area (Å²) in [5.74, 6) is 1.51. The van der Waals surface area contributed by atoms with Crippen LogP contribution in [0.15, 0.2) is 66.9 Å². The molecule has 0 spiro atoms. The fraction of sp³-hybridized carbons (Fsp3) is 0.240.